The highest BCUT2D eigenvalue weighted by atomic mass is 32.2. The van der Waals surface area contributed by atoms with Crippen LogP contribution < -0.4 is 5.32 Å². The second kappa shape index (κ2) is 9.49. The van der Waals surface area contributed by atoms with Crippen LogP contribution >= 0.6 is 0 Å². The van der Waals surface area contributed by atoms with Crippen molar-refractivity contribution in [1.82, 2.24) is 4.31 Å². The molecule has 0 unspecified atom stereocenters. The molecule has 170 valence electrons. The second-order valence-corrected chi connectivity index (χ2v) is 9.25. The van der Waals surface area contributed by atoms with E-state index in [1.807, 2.05) is 6.92 Å². The van der Waals surface area contributed by atoms with Crippen molar-refractivity contribution in [2.45, 2.75) is 30.7 Å². The molecule has 0 saturated carbocycles. The molecule has 0 radical (unpaired) electrons. The third kappa shape index (κ3) is 4.81. The standard InChI is InChI=1S/C22H24N2O7S/c1-14-6-8-18(9-7-14)32(28,29)24-10-4-5-19(24)20(25)23-17-12-15(21(26)30-2)11-16(13-17)22(27)31-3/h6-9,11-13,19H,4-5,10H2,1-3H3,(H,23,25)/t19-/m0/s1. The van der Waals surface area contributed by atoms with E-state index in [2.05, 4.69) is 5.32 Å². The molecule has 32 heavy (non-hydrogen) atoms. The Morgan fingerprint density at radius 1 is 0.969 bits per heavy atom. The number of rotatable bonds is 6. The third-order valence-corrected chi connectivity index (χ3v) is 7.10. The minimum Gasteiger partial charge on any atom is -0.465 e. The molecule has 3 rings (SSSR count). The topological polar surface area (TPSA) is 119 Å². The lowest BCUT2D eigenvalue weighted by Crippen LogP contribution is -2.43. The maximum atomic E-state index is 13.1. The van der Waals surface area contributed by atoms with Gasteiger partial charge in [0.2, 0.25) is 15.9 Å². The summed E-state index contributed by atoms with van der Waals surface area (Å²) in [6.07, 6.45) is 0.871. The van der Waals surface area contributed by atoms with Crippen LogP contribution in [-0.2, 0) is 24.3 Å². The zero-order chi connectivity index (χ0) is 23.5. The van der Waals surface area contributed by atoms with E-state index in [1.165, 1.54) is 48.9 Å². The highest BCUT2D eigenvalue weighted by Crippen LogP contribution is 2.27. The van der Waals surface area contributed by atoms with Gasteiger partial charge in [-0.05, 0) is 50.1 Å². The van der Waals surface area contributed by atoms with Crippen molar-refractivity contribution in [3.63, 3.8) is 0 Å². The number of methoxy groups -OCH3 is 2. The molecule has 10 heteroatoms. The molecule has 1 aliphatic rings. The molecule has 1 aliphatic heterocycles. The number of ether oxygens (including phenoxy) is 2. The van der Waals surface area contributed by atoms with Gasteiger partial charge in [-0.3, -0.25) is 4.79 Å². The van der Waals surface area contributed by atoms with Crippen molar-refractivity contribution in [2.75, 3.05) is 26.1 Å². The number of benzene rings is 2. The van der Waals surface area contributed by atoms with Crippen molar-refractivity contribution in [1.29, 1.82) is 0 Å². The lowest BCUT2D eigenvalue weighted by molar-refractivity contribution is -0.119. The number of hydrogen-bond donors (Lipinski definition) is 1. The molecule has 1 fully saturated rings. The number of sulfonamides is 1. The van der Waals surface area contributed by atoms with Gasteiger partial charge >= 0.3 is 11.9 Å². The molecule has 2 aromatic carbocycles. The fourth-order valence-corrected chi connectivity index (χ4v) is 5.19. The molecule has 1 saturated heterocycles. The monoisotopic (exact) mass is 460 g/mol. The van der Waals surface area contributed by atoms with E-state index < -0.39 is 33.9 Å². The molecule has 9 nitrogen and oxygen atoms in total. The number of nitrogens with zero attached hydrogens (tertiary/aromatic N) is 1. The number of nitrogens with one attached hydrogen (secondary N) is 1. The summed E-state index contributed by atoms with van der Waals surface area (Å²) < 4.78 is 36.8. The number of esters is 2. The summed E-state index contributed by atoms with van der Waals surface area (Å²) in [4.78, 5) is 37.0. The van der Waals surface area contributed by atoms with Gasteiger partial charge in [0.25, 0.3) is 0 Å². The largest absolute Gasteiger partial charge is 0.465 e. The molecular formula is C22H24N2O7S. The van der Waals surface area contributed by atoms with Crippen molar-refractivity contribution in [3.05, 3.63) is 59.2 Å². The van der Waals surface area contributed by atoms with Crippen molar-refractivity contribution < 1.29 is 32.3 Å². The SMILES string of the molecule is COC(=O)c1cc(NC(=O)[C@@H]2CCCN2S(=O)(=O)c2ccc(C)cc2)cc(C(=O)OC)c1. The highest BCUT2D eigenvalue weighted by molar-refractivity contribution is 7.89. The van der Waals surface area contributed by atoms with Crippen LogP contribution in [0.3, 0.4) is 0 Å². The molecular weight excluding hydrogens is 436 g/mol. The highest BCUT2D eigenvalue weighted by Gasteiger charge is 2.39. The summed E-state index contributed by atoms with van der Waals surface area (Å²) in [5, 5.41) is 2.62. The Labute approximate surface area is 186 Å². The Morgan fingerprint density at radius 3 is 2.06 bits per heavy atom. The quantitative estimate of drug-likeness (QED) is 0.657. The summed E-state index contributed by atoms with van der Waals surface area (Å²) in [7, 11) is -1.48. The van der Waals surface area contributed by atoms with E-state index >= 15 is 0 Å². The van der Waals surface area contributed by atoms with E-state index in [-0.39, 0.29) is 28.3 Å². The van der Waals surface area contributed by atoms with Crippen LogP contribution in [0.4, 0.5) is 5.69 Å². The van der Waals surface area contributed by atoms with Crippen LogP contribution in [0.5, 0.6) is 0 Å². The molecule has 1 atom stereocenters. The average molecular weight is 461 g/mol. The maximum Gasteiger partial charge on any atom is 0.337 e. The van der Waals surface area contributed by atoms with Gasteiger partial charge in [0.15, 0.2) is 0 Å². The van der Waals surface area contributed by atoms with E-state index in [9.17, 15) is 22.8 Å². The molecule has 2 aromatic rings. The first kappa shape index (κ1) is 23.4. The molecule has 1 heterocycles. The first-order valence-electron chi connectivity index (χ1n) is 9.88. The van der Waals surface area contributed by atoms with Gasteiger partial charge in [0, 0.05) is 12.2 Å². The number of anilines is 1. The Kier molecular flexibility index (Phi) is 6.95. The zero-order valence-corrected chi connectivity index (χ0v) is 18.8. The van der Waals surface area contributed by atoms with Crippen LogP contribution in [0.1, 0.15) is 39.1 Å². The molecule has 0 aliphatic carbocycles. The Morgan fingerprint density at radius 2 is 1.53 bits per heavy atom. The van der Waals surface area contributed by atoms with Crippen LogP contribution in [0, 0.1) is 6.92 Å². The number of amides is 1. The van der Waals surface area contributed by atoms with E-state index in [1.54, 1.807) is 12.1 Å². The van der Waals surface area contributed by atoms with Crippen molar-refractivity contribution in [3.8, 4) is 0 Å². The molecule has 1 N–H and O–H groups in total. The second-order valence-electron chi connectivity index (χ2n) is 7.36. The fourth-order valence-electron chi connectivity index (χ4n) is 3.53. The molecule has 0 bridgehead atoms. The summed E-state index contributed by atoms with van der Waals surface area (Å²) in [6, 6.07) is 9.49. The summed E-state index contributed by atoms with van der Waals surface area (Å²) in [5.74, 6) is -1.96. The Balaban J connectivity index is 1.88. The number of carbonyl (C=O) groups excluding carboxylic acids is 3. The third-order valence-electron chi connectivity index (χ3n) is 5.18. The van der Waals surface area contributed by atoms with E-state index in [0.29, 0.717) is 12.8 Å². The number of hydrogen-bond acceptors (Lipinski definition) is 7. The predicted molar refractivity (Wildman–Crippen MR) is 116 cm³/mol. The van der Waals surface area contributed by atoms with Crippen LogP contribution in [0.25, 0.3) is 0 Å². The van der Waals surface area contributed by atoms with Gasteiger partial charge < -0.3 is 14.8 Å². The summed E-state index contributed by atoms with van der Waals surface area (Å²) in [5.41, 5.74) is 1.16. The lowest BCUT2D eigenvalue weighted by Gasteiger charge is -2.23. The lowest BCUT2D eigenvalue weighted by atomic mass is 10.1. The smallest absolute Gasteiger partial charge is 0.337 e. The first-order chi connectivity index (χ1) is 15.2. The first-order valence-corrected chi connectivity index (χ1v) is 11.3. The number of carbonyl (C=O) groups is 3. The Bertz CT molecular complexity index is 1110. The average Bonchev–Trinajstić information content (AvgIpc) is 3.29. The minimum absolute atomic E-state index is 0.0428. The summed E-state index contributed by atoms with van der Waals surface area (Å²) in [6.45, 7) is 2.07. The van der Waals surface area contributed by atoms with Crippen LogP contribution in [0.2, 0.25) is 0 Å². The maximum absolute atomic E-state index is 13.1. The predicted octanol–water partition coefficient (Wildman–Crippen LogP) is 2.36. The van der Waals surface area contributed by atoms with E-state index in [0.717, 1.165) is 5.56 Å². The van der Waals surface area contributed by atoms with Gasteiger partial charge in [-0.1, -0.05) is 17.7 Å². The Hall–Kier alpha value is -3.24. The minimum atomic E-state index is -3.87. The van der Waals surface area contributed by atoms with Gasteiger partial charge in [-0.25, -0.2) is 18.0 Å². The molecule has 0 aromatic heterocycles. The normalized spacial score (nSPS) is 16.4. The van der Waals surface area contributed by atoms with Crippen LogP contribution in [0.15, 0.2) is 47.4 Å². The van der Waals surface area contributed by atoms with Crippen LogP contribution in [-0.4, -0.2) is 57.4 Å². The fraction of sp³-hybridized carbons (Fsp3) is 0.318. The number of aryl methyl sites for hydroxylation is 1. The van der Waals surface area contributed by atoms with Gasteiger partial charge in [0.05, 0.1) is 30.2 Å². The van der Waals surface area contributed by atoms with E-state index in [4.69, 9.17) is 9.47 Å². The van der Waals surface area contributed by atoms with Gasteiger partial charge in [-0.2, -0.15) is 4.31 Å². The molecule has 0 spiro atoms. The van der Waals surface area contributed by atoms with Gasteiger partial charge in [0.1, 0.15) is 6.04 Å². The van der Waals surface area contributed by atoms with Gasteiger partial charge in [-0.15, -0.1) is 0 Å². The van der Waals surface area contributed by atoms with Crippen molar-refractivity contribution in [2.24, 2.45) is 0 Å². The molecule has 1 amide bonds. The van der Waals surface area contributed by atoms with Crippen molar-refractivity contribution >= 4 is 33.6 Å². The summed E-state index contributed by atoms with van der Waals surface area (Å²) >= 11 is 0. The zero-order valence-electron chi connectivity index (χ0n) is 18.0.